The van der Waals surface area contributed by atoms with E-state index >= 15 is 0 Å². The summed E-state index contributed by atoms with van der Waals surface area (Å²) >= 11 is 6.12. The van der Waals surface area contributed by atoms with Crippen molar-refractivity contribution >= 4 is 35.1 Å². The summed E-state index contributed by atoms with van der Waals surface area (Å²) in [5, 5.41) is 3.17. The highest BCUT2D eigenvalue weighted by Crippen LogP contribution is 2.29. The SMILES string of the molecule is NC(=O)C1CCN1C(=O)NC1CCN(c2ccccc2Cl)C1=O. The number of nitrogens with one attached hydrogen (secondary N) is 1. The van der Waals surface area contributed by atoms with Gasteiger partial charge >= 0.3 is 6.03 Å². The Balaban J connectivity index is 1.65. The maximum Gasteiger partial charge on any atom is 0.318 e. The molecule has 2 heterocycles. The molecule has 7 nitrogen and oxygen atoms in total. The molecular weight excluding hydrogens is 320 g/mol. The molecule has 0 radical (unpaired) electrons. The van der Waals surface area contributed by atoms with Crippen molar-refractivity contribution in [1.29, 1.82) is 0 Å². The first-order valence-electron chi connectivity index (χ1n) is 7.41. The average Bonchev–Trinajstić information content (AvgIpc) is 2.79. The number of likely N-dealkylation sites (tertiary alicyclic amines) is 1. The van der Waals surface area contributed by atoms with Crippen LogP contribution in [0.4, 0.5) is 10.5 Å². The van der Waals surface area contributed by atoms with Gasteiger partial charge in [0, 0.05) is 13.1 Å². The monoisotopic (exact) mass is 336 g/mol. The molecule has 2 aliphatic rings. The Morgan fingerprint density at radius 2 is 1.96 bits per heavy atom. The zero-order valence-electron chi connectivity index (χ0n) is 12.4. The van der Waals surface area contributed by atoms with Crippen LogP contribution < -0.4 is 16.0 Å². The lowest BCUT2D eigenvalue weighted by atomic mass is 10.0. The third kappa shape index (κ3) is 2.84. The second kappa shape index (κ2) is 6.08. The molecule has 2 aliphatic heterocycles. The third-order valence-electron chi connectivity index (χ3n) is 4.26. The van der Waals surface area contributed by atoms with Gasteiger partial charge in [0.05, 0.1) is 10.7 Å². The Labute approximate surface area is 138 Å². The van der Waals surface area contributed by atoms with E-state index in [1.54, 1.807) is 29.2 Å². The summed E-state index contributed by atoms with van der Waals surface area (Å²) < 4.78 is 0. The molecule has 0 aromatic heterocycles. The van der Waals surface area contributed by atoms with E-state index in [1.807, 2.05) is 0 Å². The van der Waals surface area contributed by atoms with Crippen LogP contribution in [0.15, 0.2) is 24.3 Å². The number of nitrogens with zero attached hydrogens (tertiary/aromatic N) is 2. The predicted molar refractivity (Wildman–Crippen MR) is 85.0 cm³/mol. The summed E-state index contributed by atoms with van der Waals surface area (Å²) in [5.74, 6) is -0.732. The lowest BCUT2D eigenvalue weighted by molar-refractivity contribution is -0.125. The van der Waals surface area contributed by atoms with E-state index in [0.29, 0.717) is 36.6 Å². The average molecular weight is 337 g/mol. The highest BCUT2D eigenvalue weighted by Gasteiger charge is 2.40. The topological polar surface area (TPSA) is 95.7 Å². The number of nitrogens with two attached hydrogens (primary N) is 1. The van der Waals surface area contributed by atoms with Crippen LogP contribution in [0.2, 0.25) is 5.02 Å². The smallest absolute Gasteiger partial charge is 0.318 e. The van der Waals surface area contributed by atoms with E-state index in [1.165, 1.54) is 4.90 Å². The molecule has 0 spiro atoms. The first-order chi connectivity index (χ1) is 11.0. The Morgan fingerprint density at radius 1 is 1.22 bits per heavy atom. The molecule has 122 valence electrons. The maximum absolute atomic E-state index is 12.5. The number of urea groups is 1. The quantitative estimate of drug-likeness (QED) is 0.851. The molecule has 3 N–H and O–H groups in total. The number of carbonyl (C=O) groups excluding carboxylic acids is 3. The van der Waals surface area contributed by atoms with Crippen LogP contribution in [0.5, 0.6) is 0 Å². The van der Waals surface area contributed by atoms with Crippen molar-refractivity contribution < 1.29 is 14.4 Å². The van der Waals surface area contributed by atoms with E-state index in [0.717, 1.165) is 0 Å². The van der Waals surface area contributed by atoms with Gasteiger partial charge in [-0.2, -0.15) is 0 Å². The molecule has 3 rings (SSSR count). The van der Waals surface area contributed by atoms with Crippen LogP contribution >= 0.6 is 11.6 Å². The van der Waals surface area contributed by atoms with Crippen molar-refractivity contribution in [2.24, 2.45) is 5.73 Å². The van der Waals surface area contributed by atoms with Crippen LogP contribution in [0.25, 0.3) is 0 Å². The van der Waals surface area contributed by atoms with Gasteiger partial charge in [0.15, 0.2) is 0 Å². The molecule has 2 fully saturated rings. The van der Waals surface area contributed by atoms with E-state index in [2.05, 4.69) is 5.32 Å². The minimum Gasteiger partial charge on any atom is -0.368 e. The number of rotatable bonds is 3. The molecular formula is C15H17ClN4O3. The van der Waals surface area contributed by atoms with Crippen molar-refractivity contribution in [3.05, 3.63) is 29.3 Å². The van der Waals surface area contributed by atoms with Gasteiger partial charge in [0.25, 0.3) is 0 Å². The van der Waals surface area contributed by atoms with Crippen molar-refractivity contribution in [2.45, 2.75) is 24.9 Å². The molecule has 8 heteroatoms. The fourth-order valence-electron chi connectivity index (χ4n) is 2.88. The minimum atomic E-state index is -0.618. The molecule has 2 unspecified atom stereocenters. The first-order valence-corrected chi connectivity index (χ1v) is 7.79. The van der Waals surface area contributed by atoms with Gasteiger partial charge in [-0.3, -0.25) is 9.59 Å². The normalized spacial score (nSPS) is 23.6. The second-order valence-electron chi connectivity index (χ2n) is 5.63. The number of hydrogen-bond acceptors (Lipinski definition) is 3. The van der Waals surface area contributed by atoms with Crippen molar-refractivity contribution in [1.82, 2.24) is 10.2 Å². The fourth-order valence-corrected chi connectivity index (χ4v) is 3.12. The minimum absolute atomic E-state index is 0.206. The Hall–Kier alpha value is -2.28. The van der Waals surface area contributed by atoms with Crippen LogP contribution in [0.3, 0.4) is 0 Å². The van der Waals surface area contributed by atoms with Gasteiger partial charge in [-0.25, -0.2) is 4.79 Å². The highest BCUT2D eigenvalue weighted by atomic mass is 35.5. The summed E-state index contributed by atoms with van der Waals surface area (Å²) in [5.41, 5.74) is 5.86. The highest BCUT2D eigenvalue weighted by molar-refractivity contribution is 6.34. The Bertz CT molecular complexity index is 666. The molecule has 0 saturated carbocycles. The number of para-hydroxylation sites is 1. The third-order valence-corrected chi connectivity index (χ3v) is 4.58. The van der Waals surface area contributed by atoms with Gasteiger partial charge in [-0.05, 0) is 25.0 Å². The number of benzene rings is 1. The molecule has 2 atom stereocenters. The molecule has 1 aromatic rings. The zero-order chi connectivity index (χ0) is 16.6. The van der Waals surface area contributed by atoms with Crippen LogP contribution in [-0.4, -0.2) is 47.9 Å². The number of amides is 4. The zero-order valence-corrected chi connectivity index (χ0v) is 13.1. The number of primary amides is 1. The van der Waals surface area contributed by atoms with E-state index < -0.39 is 24.0 Å². The molecule has 0 bridgehead atoms. The molecule has 1 aromatic carbocycles. The van der Waals surface area contributed by atoms with Crippen LogP contribution in [0.1, 0.15) is 12.8 Å². The van der Waals surface area contributed by atoms with Gasteiger partial charge < -0.3 is 20.9 Å². The second-order valence-corrected chi connectivity index (χ2v) is 6.04. The van der Waals surface area contributed by atoms with Crippen molar-refractivity contribution in [3.8, 4) is 0 Å². The van der Waals surface area contributed by atoms with Crippen LogP contribution in [-0.2, 0) is 9.59 Å². The number of hydrogen-bond donors (Lipinski definition) is 2. The lowest BCUT2D eigenvalue weighted by Crippen LogP contribution is -2.61. The number of halogens is 1. The summed E-state index contributed by atoms with van der Waals surface area (Å²) in [6.07, 6.45) is 1.05. The summed E-state index contributed by atoms with van der Waals surface area (Å²) in [6.45, 7) is 0.946. The summed E-state index contributed by atoms with van der Waals surface area (Å²) in [4.78, 5) is 38.7. The van der Waals surface area contributed by atoms with E-state index in [4.69, 9.17) is 17.3 Å². The molecule has 4 amide bonds. The van der Waals surface area contributed by atoms with Crippen molar-refractivity contribution in [2.75, 3.05) is 18.0 Å². The predicted octanol–water partition coefficient (Wildman–Crippen LogP) is 0.715. The maximum atomic E-state index is 12.5. The summed E-state index contributed by atoms with van der Waals surface area (Å²) in [6, 6.07) is 5.45. The molecule has 0 aliphatic carbocycles. The van der Waals surface area contributed by atoms with Gasteiger partial charge in [0.1, 0.15) is 12.1 Å². The van der Waals surface area contributed by atoms with Gasteiger partial charge in [-0.15, -0.1) is 0 Å². The largest absolute Gasteiger partial charge is 0.368 e. The first kappa shape index (κ1) is 15.6. The van der Waals surface area contributed by atoms with E-state index in [9.17, 15) is 14.4 Å². The van der Waals surface area contributed by atoms with Gasteiger partial charge in [0.2, 0.25) is 11.8 Å². The Kier molecular flexibility index (Phi) is 4.12. The lowest BCUT2D eigenvalue weighted by Gasteiger charge is -2.39. The number of anilines is 1. The fraction of sp³-hybridized carbons (Fsp3) is 0.400. The van der Waals surface area contributed by atoms with Crippen molar-refractivity contribution in [3.63, 3.8) is 0 Å². The van der Waals surface area contributed by atoms with Crippen LogP contribution in [0, 0.1) is 0 Å². The summed E-state index contributed by atoms with van der Waals surface area (Å²) in [7, 11) is 0. The standard InChI is InChI=1S/C15H17ClN4O3/c16-9-3-1-2-4-11(9)19-7-5-10(14(19)22)18-15(23)20-8-6-12(20)13(17)21/h1-4,10,12H,5-8H2,(H2,17,21)(H,18,23). The molecule has 23 heavy (non-hydrogen) atoms. The van der Waals surface area contributed by atoms with E-state index in [-0.39, 0.29) is 5.91 Å². The Morgan fingerprint density at radius 3 is 2.57 bits per heavy atom. The van der Waals surface area contributed by atoms with Gasteiger partial charge in [-0.1, -0.05) is 23.7 Å². The molecule has 2 saturated heterocycles. The number of carbonyl (C=O) groups is 3.